The molecule has 0 bridgehead atoms. The quantitative estimate of drug-likeness (QED) is 0.368. The Morgan fingerprint density at radius 1 is 1.29 bits per heavy atom. The van der Waals surface area contributed by atoms with E-state index in [0.717, 1.165) is 11.0 Å². The van der Waals surface area contributed by atoms with Gasteiger partial charge in [-0.3, -0.25) is 19.8 Å². The highest BCUT2D eigenvalue weighted by Gasteiger charge is 2.41. The summed E-state index contributed by atoms with van der Waals surface area (Å²) in [6.45, 7) is 2.81. The molecule has 112 valence electrons. The van der Waals surface area contributed by atoms with Crippen LogP contribution in [0.25, 0.3) is 0 Å². The molecular formula is C13H13F2N3O3. The van der Waals surface area contributed by atoms with Crippen molar-refractivity contribution >= 4 is 23.3 Å². The molecule has 8 heteroatoms. The van der Waals surface area contributed by atoms with Crippen molar-refractivity contribution in [1.29, 1.82) is 0 Å². The fourth-order valence-electron chi connectivity index (χ4n) is 2.11. The standard InChI is InChI=1S/C13H13F2N3O3/c1-13(2,12(21)17-16)5-18-9-4-8(15)7(14)3-6(9)10(19)11(18)20/h3-4H,5,16H2,1-2H3,(H,17,21). The summed E-state index contributed by atoms with van der Waals surface area (Å²) in [7, 11) is 0. The molecule has 1 aliphatic heterocycles. The van der Waals surface area contributed by atoms with Gasteiger partial charge in [-0.25, -0.2) is 14.6 Å². The van der Waals surface area contributed by atoms with E-state index in [2.05, 4.69) is 0 Å². The number of hydrazine groups is 1. The molecule has 0 aliphatic carbocycles. The number of fused-ring (bicyclic) bond motifs is 1. The minimum atomic E-state index is -1.21. The molecule has 0 aromatic heterocycles. The van der Waals surface area contributed by atoms with Crippen LogP contribution in [0.5, 0.6) is 0 Å². The molecule has 0 radical (unpaired) electrons. The van der Waals surface area contributed by atoms with E-state index in [1.807, 2.05) is 5.43 Å². The Bertz CT molecular complexity index is 658. The van der Waals surface area contributed by atoms with Gasteiger partial charge >= 0.3 is 0 Å². The second-order valence-electron chi connectivity index (χ2n) is 5.36. The number of nitrogens with zero attached hydrogens (tertiary/aromatic N) is 1. The number of carbonyl (C=O) groups is 3. The Hall–Kier alpha value is -2.35. The van der Waals surface area contributed by atoms with Crippen molar-refractivity contribution in [3.8, 4) is 0 Å². The minimum absolute atomic E-state index is 0.0539. The van der Waals surface area contributed by atoms with Gasteiger partial charge in [0.2, 0.25) is 5.91 Å². The minimum Gasteiger partial charge on any atom is -0.304 e. The Morgan fingerprint density at radius 3 is 2.43 bits per heavy atom. The fourth-order valence-corrected chi connectivity index (χ4v) is 2.11. The SMILES string of the molecule is CC(C)(CN1C(=O)C(=O)c2cc(F)c(F)cc21)C(=O)NN. The number of hydrogen-bond donors (Lipinski definition) is 2. The summed E-state index contributed by atoms with van der Waals surface area (Å²) < 4.78 is 26.5. The van der Waals surface area contributed by atoms with Crippen molar-refractivity contribution in [2.24, 2.45) is 11.3 Å². The first kappa shape index (κ1) is 15.0. The van der Waals surface area contributed by atoms with Crippen molar-refractivity contribution in [1.82, 2.24) is 5.43 Å². The number of halogens is 2. The largest absolute Gasteiger partial charge is 0.304 e. The van der Waals surface area contributed by atoms with Crippen LogP contribution >= 0.6 is 0 Å². The molecule has 0 saturated heterocycles. The summed E-state index contributed by atoms with van der Waals surface area (Å²) in [5.74, 6) is 0.232. The van der Waals surface area contributed by atoms with Crippen LogP contribution in [0.1, 0.15) is 24.2 Å². The molecule has 0 fully saturated rings. The van der Waals surface area contributed by atoms with Gasteiger partial charge in [-0.1, -0.05) is 0 Å². The fraction of sp³-hybridized carbons (Fsp3) is 0.308. The Morgan fingerprint density at radius 2 is 1.86 bits per heavy atom. The predicted octanol–water partition coefficient (Wildman–Crippen LogP) is 0.510. The van der Waals surface area contributed by atoms with E-state index < -0.39 is 34.6 Å². The maximum atomic E-state index is 13.3. The number of amides is 2. The molecule has 0 spiro atoms. The average molecular weight is 297 g/mol. The topological polar surface area (TPSA) is 92.5 Å². The normalized spacial score (nSPS) is 14.4. The maximum absolute atomic E-state index is 13.3. The summed E-state index contributed by atoms with van der Waals surface area (Å²) in [6.07, 6.45) is 0. The lowest BCUT2D eigenvalue weighted by molar-refractivity contribution is -0.129. The van der Waals surface area contributed by atoms with Gasteiger partial charge in [0, 0.05) is 12.6 Å². The predicted molar refractivity (Wildman–Crippen MR) is 69.2 cm³/mol. The van der Waals surface area contributed by atoms with E-state index in [-0.39, 0.29) is 17.8 Å². The maximum Gasteiger partial charge on any atom is 0.299 e. The van der Waals surface area contributed by atoms with E-state index in [1.165, 1.54) is 13.8 Å². The van der Waals surface area contributed by atoms with Crippen LogP contribution in [0.3, 0.4) is 0 Å². The third kappa shape index (κ3) is 2.38. The van der Waals surface area contributed by atoms with Crippen molar-refractivity contribution < 1.29 is 23.2 Å². The third-order valence-electron chi connectivity index (χ3n) is 3.31. The number of hydrogen-bond acceptors (Lipinski definition) is 4. The Kier molecular flexibility index (Phi) is 3.50. The van der Waals surface area contributed by atoms with E-state index in [1.54, 1.807) is 0 Å². The number of ketones is 1. The molecule has 21 heavy (non-hydrogen) atoms. The van der Waals surface area contributed by atoms with Crippen LogP contribution in [0.2, 0.25) is 0 Å². The first-order chi connectivity index (χ1) is 9.69. The van der Waals surface area contributed by atoms with E-state index in [0.29, 0.717) is 6.07 Å². The number of anilines is 1. The van der Waals surface area contributed by atoms with Gasteiger partial charge in [0.1, 0.15) is 0 Å². The molecule has 1 aliphatic rings. The highest BCUT2D eigenvalue weighted by Crippen LogP contribution is 2.33. The molecule has 1 heterocycles. The molecule has 1 aromatic rings. The number of benzene rings is 1. The lowest BCUT2D eigenvalue weighted by atomic mass is 9.91. The van der Waals surface area contributed by atoms with Gasteiger partial charge < -0.3 is 4.90 Å². The van der Waals surface area contributed by atoms with E-state index in [9.17, 15) is 23.2 Å². The van der Waals surface area contributed by atoms with Crippen LogP contribution < -0.4 is 16.2 Å². The molecule has 1 aromatic carbocycles. The highest BCUT2D eigenvalue weighted by molar-refractivity contribution is 6.52. The molecule has 0 atom stereocenters. The molecular weight excluding hydrogens is 284 g/mol. The van der Waals surface area contributed by atoms with Crippen molar-refractivity contribution in [2.45, 2.75) is 13.8 Å². The summed E-state index contributed by atoms with van der Waals surface area (Å²) in [6, 6.07) is 1.45. The number of Topliss-reactive ketones (excluding diaryl/α,β-unsaturated/α-hetero) is 1. The van der Waals surface area contributed by atoms with Gasteiger partial charge in [-0.05, 0) is 19.9 Å². The summed E-state index contributed by atoms with van der Waals surface area (Å²) in [4.78, 5) is 36.3. The summed E-state index contributed by atoms with van der Waals surface area (Å²) in [5, 5.41) is 0. The zero-order valence-corrected chi connectivity index (χ0v) is 11.4. The molecule has 2 rings (SSSR count). The van der Waals surface area contributed by atoms with Gasteiger partial charge in [-0.2, -0.15) is 0 Å². The molecule has 6 nitrogen and oxygen atoms in total. The molecule has 0 saturated carbocycles. The van der Waals surface area contributed by atoms with E-state index >= 15 is 0 Å². The lowest BCUT2D eigenvalue weighted by Gasteiger charge is -2.28. The summed E-state index contributed by atoms with van der Waals surface area (Å²) in [5.41, 5.74) is 0.566. The van der Waals surface area contributed by atoms with Crippen molar-refractivity contribution in [2.75, 3.05) is 11.4 Å². The summed E-state index contributed by atoms with van der Waals surface area (Å²) >= 11 is 0. The molecule has 0 unspecified atom stereocenters. The number of nitrogens with one attached hydrogen (secondary N) is 1. The zero-order valence-electron chi connectivity index (χ0n) is 11.4. The second kappa shape index (κ2) is 4.88. The van der Waals surface area contributed by atoms with Crippen molar-refractivity contribution in [3.05, 3.63) is 29.3 Å². The van der Waals surface area contributed by atoms with Gasteiger partial charge in [0.25, 0.3) is 11.7 Å². The molecule has 2 amide bonds. The number of nitrogens with two attached hydrogens (primary N) is 1. The van der Waals surface area contributed by atoms with E-state index in [4.69, 9.17) is 5.84 Å². The van der Waals surface area contributed by atoms with Crippen LogP contribution in [0.15, 0.2) is 12.1 Å². The lowest BCUT2D eigenvalue weighted by Crippen LogP contribution is -2.48. The van der Waals surface area contributed by atoms with Crippen molar-refractivity contribution in [3.63, 3.8) is 0 Å². The second-order valence-corrected chi connectivity index (χ2v) is 5.36. The first-order valence-corrected chi connectivity index (χ1v) is 6.05. The third-order valence-corrected chi connectivity index (χ3v) is 3.31. The average Bonchev–Trinajstić information content (AvgIpc) is 2.64. The van der Waals surface area contributed by atoms with Gasteiger partial charge in [0.05, 0.1) is 16.7 Å². The zero-order chi connectivity index (χ0) is 15.9. The first-order valence-electron chi connectivity index (χ1n) is 6.05. The van der Waals surface area contributed by atoms with Crippen LogP contribution in [-0.2, 0) is 9.59 Å². The van der Waals surface area contributed by atoms with Crippen LogP contribution in [0, 0.1) is 17.0 Å². The monoisotopic (exact) mass is 297 g/mol. The Labute approximate surface area is 118 Å². The van der Waals surface area contributed by atoms with Crippen LogP contribution in [-0.4, -0.2) is 24.1 Å². The Balaban J connectivity index is 2.44. The number of carbonyl (C=O) groups excluding carboxylic acids is 3. The van der Waals surface area contributed by atoms with Crippen LogP contribution in [0.4, 0.5) is 14.5 Å². The van der Waals surface area contributed by atoms with Gasteiger partial charge in [-0.15, -0.1) is 0 Å². The van der Waals surface area contributed by atoms with Gasteiger partial charge in [0.15, 0.2) is 11.6 Å². The number of rotatable bonds is 3. The highest BCUT2D eigenvalue weighted by atomic mass is 19.2. The molecule has 3 N–H and O–H groups in total. The smallest absolute Gasteiger partial charge is 0.299 e.